The molecule has 0 saturated heterocycles. The lowest BCUT2D eigenvalue weighted by molar-refractivity contribution is 0.318. The number of benzene rings is 1. The van der Waals surface area contributed by atoms with E-state index in [1.807, 2.05) is 6.07 Å². The predicted molar refractivity (Wildman–Crippen MR) is 83.7 cm³/mol. The summed E-state index contributed by atoms with van der Waals surface area (Å²) in [5.41, 5.74) is 1.78. The fraction of sp³-hybridized carbons (Fsp3) is 0.647. The van der Waals surface area contributed by atoms with E-state index in [9.17, 15) is 4.39 Å². The molecule has 0 aromatic heterocycles. The van der Waals surface area contributed by atoms with Crippen molar-refractivity contribution in [2.75, 3.05) is 24.5 Å². The SMILES string of the molecule is CCNC(C)c1ccc(N(CC)CC2CCC2)c(F)c1. The van der Waals surface area contributed by atoms with Crippen LogP contribution in [0.15, 0.2) is 18.2 Å². The third-order valence-electron chi connectivity index (χ3n) is 4.41. The van der Waals surface area contributed by atoms with Crippen molar-refractivity contribution in [3.63, 3.8) is 0 Å². The number of anilines is 1. The van der Waals surface area contributed by atoms with E-state index in [1.165, 1.54) is 19.3 Å². The van der Waals surface area contributed by atoms with Gasteiger partial charge in [0.05, 0.1) is 5.69 Å². The number of hydrogen-bond donors (Lipinski definition) is 1. The standard InChI is InChI=1S/C17H27FN2/c1-4-19-13(3)15-9-10-17(16(18)11-15)20(5-2)12-14-7-6-8-14/h9-11,13-14,19H,4-8,12H2,1-3H3. The highest BCUT2D eigenvalue weighted by atomic mass is 19.1. The summed E-state index contributed by atoms with van der Waals surface area (Å²) in [6, 6.07) is 5.88. The van der Waals surface area contributed by atoms with Crippen molar-refractivity contribution in [3.8, 4) is 0 Å². The molecule has 2 rings (SSSR count). The quantitative estimate of drug-likeness (QED) is 0.807. The van der Waals surface area contributed by atoms with E-state index in [1.54, 1.807) is 6.07 Å². The van der Waals surface area contributed by atoms with Crippen molar-refractivity contribution in [1.29, 1.82) is 0 Å². The van der Waals surface area contributed by atoms with Crippen LogP contribution in [0.5, 0.6) is 0 Å². The maximum Gasteiger partial charge on any atom is 0.146 e. The van der Waals surface area contributed by atoms with Crippen molar-refractivity contribution in [3.05, 3.63) is 29.6 Å². The molecule has 112 valence electrons. The van der Waals surface area contributed by atoms with E-state index in [2.05, 4.69) is 37.1 Å². The molecular formula is C17H27FN2. The smallest absolute Gasteiger partial charge is 0.146 e. The predicted octanol–water partition coefficient (Wildman–Crippen LogP) is 4.12. The minimum atomic E-state index is -0.0894. The normalized spacial score (nSPS) is 16.8. The molecule has 3 heteroatoms. The number of hydrogen-bond acceptors (Lipinski definition) is 2. The van der Waals surface area contributed by atoms with Gasteiger partial charge in [0.15, 0.2) is 0 Å². The van der Waals surface area contributed by atoms with Crippen molar-refractivity contribution in [2.24, 2.45) is 5.92 Å². The third kappa shape index (κ3) is 3.51. The Bertz CT molecular complexity index is 429. The summed E-state index contributed by atoms with van der Waals surface area (Å²) in [5.74, 6) is 0.670. The molecule has 0 bridgehead atoms. The van der Waals surface area contributed by atoms with Gasteiger partial charge < -0.3 is 10.2 Å². The van der Waals surface area contributed by atoms with Gasteiger partial charge in [0.25, 0.3) is 0 Å². The summed E-state index contributed by atoms with van der Waals surface area (Å²) in [6.45, 7) is 9.01. The zero-order chi connectivity index (χ0) is 14.5. The van der Waals surface area contributed by atoms with Gasteiger partial charge in [-0.05, 0) is 56.8 Å². The van der Waals surface area contributed by atoms with E-state index >= 15 is 0 Å². The highest BCUT2D eigenvalue weighted by Gasteiger charge is 2.21. The Hall–Kier alpha value is -1.09. The van der Waals surface area contributed by atoms with Crippen LogP contribution in [0.3, 0.4) is 0 Å². The largest absolute Gasteiger partial charge is 0.369 e. The van der Waals surface area contributed by atoms with Crippen molar-refractivity contribution in [1.82, 2.24) is 5.32 Å². The monoisotopic (exact) mass is 278 g/mol. The van der Waals surface area contributed by atoms with Gasteiger partial charge in [0, 0.05) is 19.1 Å². The summed E-state index contributed by atoms with van der Waals surface area (Å²) in [7, 11) is 0. The van der Waals surface area contributed by atoms with Gasteiger partial charge in [-0.2, -0.15) is 0 Å². The molecule has 1 fully saturated rings. The minimum Gasteiger partial charge on any atom is -0.369 e. The topological polar surface area (TPSA) is 15.3 Å². The fourth-order valence-electron chi connectivity index (χ4n) is 2.86. The maximum atomic E-state index is 14.4. The lowest BCUT2D eigenvalue weighted by atomic mass is 9.85. The Balaban J connectivity index is 2.10. The van der Waals surface area contributed by atoms with Crippen LogP contribution in [-0.2, 0) is 0 Å². The first-order valence-electron chi connectivity index (χ1n) is 7.93. The van der Waals surface area contributed by atoms with Gasteiger partial charge in [0.2, 0.25) is 0 Å². The van der Waals surface area contributed by atoms with Crippen LogP contribution in [0.2, 0.25) is 0 Å². The molecule has 0 heterocycles. The Morgan fingerprint density at radius 3 is 2.60 bits per heavy atom. The Morgan fingerprint density at radius 2 is 2.10 bits per heavy atom. The van der Waals surface area contributed by atoms with Crippen molar-refractivity contribution in [2.45, 2.75) is 46.1 Å². The molecule has 1 aliphatic rings. The summed E-state index contributed by atoms with van der Waals surface area (Å²) < 4.78 is 14.4. The Morgan fingerprint density at radius 1 is 1.35 bits per heavy atom. The van der Waals surface area contributed by atoms with Gasteiger partial charge in [-0.1, -0.05) is 19.4 Å². The average Bonchev–Trinajstić information content (AvgIpc) is 2.39. The maximum absolute atomic E-state index is 14.4. The van der Waals surface area contributed by atoms with Gasteiger partial charge in [0.1, 0.15) is 5.82 Å². The van der Waals surface area contributed by atoms with Gasteiger partial charge >= 0.3 is 0 Å². The number of rotatable bonds is 7. The van der Waals surface area contributed by atoms with Gasteiger partial charge in [-0.3, -0.25) is 0 Å². The van der Waals surface area contributed by atoms with E-state index in [-0.39, 0.29) is 11.9 Å². The molecule has 1 aromatic rings. The second kappa shape index (κ2) is 7.07. The molecule has 1 N–H and O–H groups in total. The first-order valence-corrected chi connectivity index (χ1v) is 7.93. The molecule has 0 amide bonds. The molecule has 1 unspecified atom stereocenters. The van der Waals surface area contributed by atoms with Crippen LogP contribution >= 0.6 is 0 Å². The molecule has 1 atom stereocenters. The lowest BCUT2D eigenvalue weighted by Crippen LogP contribution is -2.33. The van der Waals surface area contributed by atoms with Crippen molar-refractivity contribution < 1.29 is 4.39 Å². The average molecular weight is 278 g/mol. The summed E-state index contributed by atoms with van der Waals surface area (Å²) in [5, 5.41) is 3.32. The van der Waals surface area contributed by atoms with Crippen LogP contribution in [0.4, 0.5) is 10.1 Å². The van der Waals surface area contributed by atoms with Crippen LogP contribution in [0, 0.1) is 11.7 Å². The van der Waals surface area contributed by atoms with Gasteiger partial charge in [-0.15, -0.1) is 0 Å². The van der Waals surface area contributed by atoms with E-state index in [0.717, 1.165) is 36.8 Å². The fourth-order valence-corrected chi connectivity index (χ4v) is 2.86. The van der Waals surface area contributed by atoms with Crippen molar-refractivity contribution >= 4 is 5.69 Å². The summed E-state index contributed by atoms with van der Waals surface area (Å²) in [4.78, 5) is 2.18. The second-order valence-corrected chi connectivity index (χ2v) is 5.83. The zero-order valence-electron chi connectivity index (χ0n) is 13.0. The first kappa shape index (κ1) is 15.3. The molecule has 0 radical (unpaired) electrons. The van der Waals surface area contributed by atoms with Crippen LogP contribution in [0.1, 0.15) is 51.6 Å². The second-order valence-electron chi connectivity index (χ2n) is 5.83. The van der Waals surface area contributed by atoms with Crippen LogP contribution in [0.25, 0.3) is 0 Å². The molecule has 1 aliphatic carbocycles. The Kier molecular flexibility index (Phi) is 5.41. The molecule has 2 nitrogen and oxygen atoms in total. The lowest BCUT2D eigenvalue weighted by Gasteiger charge is -2.33. The van der Waals surface area contributed by atoms with Crippen LogP contribution in [-0.4, -0.2) is 19.6 Å². The Labute approximate surface area is 122 Å². The molecule has 1 aromatic carbocycles. The zero-order valence-corrected chi connectivity index (χ0v) is 13.0. The summed E-state index contributed by atoms with van der Waals surface area (Å²) in [6.07, 6.45) is 3.94. The third-order valence-corrected chi connectivity index (χ3v) is 4.41. The molecular weight excluding hydrogens is 251 g/mol. The molecule has 20 heavy (non-hydrogen) atoms. The van der Waals surface area contributed by atoms with E-state index < -0.39 is 0 Å². The molecule has 1 saturated carbocycles. The number of nitrogens with zero attached hydrogens (tertiary/aromatic N) is 1. The molecule has 0 aliphatic heterocycles. The van der Waals surface area contributed by atoms with E-state index in [4.69, 9.17) is 0 Å². The van der Waals surface area contributed by atoms with Crippen LogP contribution < -0.4 is 10.2 Å². The highest BCUT2D eigenvalue weighted by molar-refractivity contribution is 5.49. The van der Waals surface area contributed by atoms with Gasteiger partial charge in [-0.25, -0.2) is 4.39 Å². The highest BCUT2D eigenvalue weighted by Crippen LogP contribution is 2.30. The number of nitrogens with one attached hydrogen (secondary N) is 1. The summed E-state index contributed by atoms with van der Waals surface area (Å²) >= 11 is 0. The first-order chi connectivity index (χ1) is 9.65. The minimum absolute atomic E-state index is 0.0894. The number of halogens is 1. The molecule has 0 spiro atoms. The van der Waals surface area contributed by atoms with E-state index in [0.29, 0.717) is 0 Å².